The summed E-state index contributed by atoms with van der Waals surface area (Å²) in [6.07, 6.45) is 4.59. The van der Waals surface area contributed by atoms with Crippen LogP contribution in [0.5, 0.6) is 5.75 Å². The van der Waals surface area contributed by atoms with Crippen LogP contribution in [0.25, 0.3) is 0 Å². The minimum Gasteiger partial charge on any atom is -0.489 e. The van der Waals surface area contributed by atoms with Crippen LogP contribution in [0.15, 0.2) is 46.0 Å². The van der Waals surface area contributed by atoms with Crippen molar-refractivity contribution in [3.8, 4) is 5.75 Å². The van der Waals surface area contributed by atoms with E-state index >= 15 is 0 Å². The van der Waals surface area contributed by atoms with Gasteiger partial charge < -0.3 is 24.5 Å². The van der Waals surface area contributed by atoms with Crippen LogP contribution in [0, 0.1) is 11.6 Å². The van der Waals surface area contributed by atoms with Crippen LogP contribution in [0.1, 0.15) is 18.6 Å². The van der Waals surface area contributed by atoms with Crippen molar-refractivity contribution < 1.29 is 22.7 Å². The van der Waals surface area contributed by atoms with Crippen molar-refractivity contribution in [3.63, 3.8) is 0 Å². The van der Waals surface area contributed by atoms with Gasteiger partial charge in [-0.1, -0.05) is 0 Å². The summed E-state index contributed by atoms with van der Waals surface area (Å²) in [6.45, 7) is 2.63. The van der Waals surface area contributed by atoms with E-state index in [1.54, 1.807) is 6.26 Å². The van der Waals surface area contributed by atoms with E-state index in [1.807, 2.05) is 12.1 Å². The molecule has 8 heteroatoms. The van der Waals surface area contributed by atoms with Gasteiger partial charge in [0.2, 0.25) is 0 Å². The number of rotatable bonds is 9. The Bertz CT molecular complexity index is 747. The van der Waals surface area contributed by atoms with Gasteiger partial charge in [0.1, 0.15) is 18.2 Å². The summed E-state index contributed by atoms with van der Waals surface area (Å²) < 4.78 is 42.8. The van der Waals surface area contributed by atoms with E-state index in [0.717, 1.165) is 43.8 Å². The van der Waals surface area contributed by atoms with Gasteiger partial charge in [-0.2, -0.15) is 0 Å². The smallest absolute Gasteiger partial charge is 0.191 e. The highest BCUT2D eigenvalue weighted by atomic mass is 19.1. The first-order chi connectivity index (χ1) is 13.7. The molecule has 28 heavy (non-hydrogen) atoms. The highest BCUT2D eigenvalue weighted by Gasteiger charge is 2.15. The van der Waals surface area contributed by atoms with Crippen LogP contribution >= 0.6 is 0 Å². The lowest BCUT2D eigenvalue weighted by atomic mass is 10.2. The first-order valence-electron chi connectivity index (χ1n) is 9.45. The molecule has 1 aromatic heterocycles. The molecule has 1 atom stereocenters. The normalized spacial score (nSPS) is 16.9. The summed E-state index contributed by atoms with van der Waals surface area (Å²) >= 11 is 0. The first kappa shape index (κ1) is 20.1. The van der Waals surface area contributed by atoms with Gasteiger partial charge in [0, 0.05) is 25.6 Å². The summed E-state index contributed by atoms with van der Waals surface area (Å²) in [7, 11) is 0. The molecule has 1 aromatic carbocycles. The van der Waals surface area contributed by atoms with Gasteiger partial charge in [-0.05, 0) is 37.1 Å². The van der Waals surface area contributed by atoms with Crippen LogP contribution < -0.4 is 15.4 Å². The van der Waals surface area contributed by atoms with E-state index in [-0.39, 0.29) is 18.5 Å². The van der Waals surface area contributed by atoms with E-state index in [1.165, 1.54) is 6.07 Å². The van der Waals surface area contributed by atoms with Crippen molar-refractivity contribution in [2.45, 2.75) is 25.4 Å². The predicted octanol–water partition coefficient (Wildman–Crippen LogP) is 2.89. The third kappa shape index (κ3) is 6.53. The van der Waals surface area contributed by atoms with E-state index in [0.29, 0.717) is 25.6 Å². The number of aliphatic imine (C=N–C) groups is 1. The Morgan fingerprint density at radius 1 is 1.21 bits per heavy atom. The van der Waals surface area contributed by atoms with E-state index in [4.69, 9.17) is 13.9 Å². The van der Waals surface area contributed by atoms with Gasteiger partial charge in [-0.25, -0.2) is 8.78 Å². The Morgan fingerprint density at radius 2 is 2.11 bits per heavy atom. The molecule has 1 unspecified atom stereocenters. The lowest BCUT2D eigenvalue weighted by Crippen LogP contribution is -2.40. The molecule has 6 nitrogen and oxygen atoms in total. The number of nitrogens with zero attached hydrogens (tertiary/aromatic N) is 1. The lowest BCUT2D eigenvalue weighted by Gasteiger charge is -2.14. The second kappa shape index (κ2) is 10.7. The molecule has 0 spiro atoms. The summed E-state index contributed by atoms with van der Waals surface area (Å²) in [5.41, 5.74) is 0. The second-order valence-corrected chi connectivity index (χ2v) is 6.43. The molecule has 0 aliphatic carbocycles. The van der Waals surface area contributed by atoms with Crippen molar-refractivity contribution in [2.75, 3.05) is 32.8 Å². The zero-order valence-electron chi connectivity index (χ0n) is 15.6. The third-order valence-electron chi connectivity index (χ3n) is 4.27. The average Bonchev–Trinajstić information content (AvgIpc) is 3.38. The molecule has 2 heterocycles. The maximum atomic E-state index is 13.6. The van der Waals surface area contributed by atoms with E-state index in [2.05, 4.69) is 15.6 Å². The number of guanidine groups is 1. The highest BCUT2D eigenvalue weighted by molar-refractivity contribution is 5.79. The van der Waals surface area contributed by atoms with Crippen molar-refractivity contribution in [1.29, 1.82) is 0 Å². The zero-order valence-corrected chi connectivity index (χ0v) is 15.6. The molecule has 2 N–H and O–H groups in total. The van der Waals surface area contributed by atoms with E-state index in [9.17, 15) is 8.78 Å². The molecule has 1 fully saturated rings. The number of hydrogen-bond acceptors (Lipinski definition) is 4. The summed E-state index contributed by atoms with van der Waals surface area (Å²) in [6, 6.07) is 7.01. The molecule has 3 rings (SSSR count). The third-order valence-corrected chi connectivity index (χ3v) is 4.27. The van der Waals surface area contributed by atoms with Gasteiger partial charge >= 0.3 is 0 Å². The summed E-state index contributed by atoms with van der Waals surface area (Å²) in [5.74, 6) is 0.189. The van der Waals surface area contributed by atoms with Crippen LogP contribution in [-0.4, -0.2) is 44.9 Å². The largest absolute Gasteiger partial charge is 0.489 e. The monoisotopic (exact) mass is 393 g/mol. The second-order valence-electron chi connectivity index (χ2n) is 6.43. The van der Waals surface area contributed by atoms with Crippen molar-refractivity contribution in [2.24, 2.45) is 4.99 Å². The summed E-state index contributed by atoms with van der Waals surface area (Å²) in [5, 5.41) is 6.40. The maximum Gasteiger partial charge on any atom is 0.191 e. The minimum atomic E-state index is -0.719. The molecule has 2 aromatic rings. The SMILES string of the molecule is Fc1ccc(OCCNC(=NCC2CCCO2)NCCc2ccco2)c(F)c1. The fourth-order valence-electron chi connectivity index (χ4n) is 2.84. The molecule has 152 valence electrons. The van der Waals surface area contributed by atoms with Crippen molar-refractivity contribution in [1.82, 2.24) is 10.6 Å². The number of nitrogens with one attached hydrogen (secondary N) is 2. The topological polar surface area (TPSA) is 68.0 Å². The molecule has 0 saturated carbocycles. The predicted molar refractivity (Wildman–Crippen MR) is 102 cm³/mol. The van der Waals surface area contributed by atoms with Gasteiger partial charge in [0.05, 0.1) is 25.5 Å². The molecular formula is C20H25F2N3O3. The molecule has 0 radical (unpaired) electrons. The molecule has 1 saturated heterocycles. The molecular weight excluding hydrogens is 368 g/mol. The molecule has 0 amide bonds. The van der Waals surface area contributed by atoms with Gasteiger partial charge in [-0.15, -0.1) is 0 Å². The van der Waals surface area contributed by atoms with Crippen molar-refractivity contribution in [3.05, 3.63) is 54.0 Å². The highest BCUT2D eigenvalue weighted by Crippen LogP contribution is 2.17. The lowest BCUT2D eigenvalue weighted by molar-refractivity contribution is 0.117. The number of benzene rings is 1. The summed E-state index contributed by atoms with van der Waals surface area (Å²) in [4.78, 5) is 4.56. The quantitative estimate of drug-likeness (QED) is 0.390. The van der Waals surface area contributed by atoms with Crippen LogP contribution in [0.2, 0.25) is 0 Å². The number of halogens is 2. The number of hydrogen-bond donors (Lipinski definition) is 2. The standard InChI is InChI=1S/C20H25F2N3O3/c21-15-5-6-19(18(22)13-15)28-12-9-24-20(25-14-17-4-2-11-27-17)23-8-7-16-3-1-10-26-16/h1,3,5-6,10,13,17H,2,4,7-9,11-12,14H2,(H2,23,24,25). The van der Waals surface area contributed by atoms with Crippen molar-refractivity contribution >= 4 is 5.96 Å². The average molecular weight is 393 g/mol. The molecule has 0 bridgehead atoms. The van der Waals surface area contributed by atoms with Gasteiger partial charge in [-0.3, -0.25) is 4.99 Å². The van der Waals surface area contributed by atoms with E-state index < -0.39 is 11.6 Å². The number of ether oxygens (including phenoxy) is 2. The first-order valence-corrected chi connectivity index (χ1v) is 9.45. The Kier molecular flexibility index (Phi) is 7.66. The van der Waals surface area contributed by atoms with Gasteiger partial charge in [0.25, 0.3) is 0 Å². The molecule has 1 aliphatic heterocycles. The number of furan rings is 1. The Labute approximate surface area is 162 Å². The minimum absolute atomic E-state index is 0.0202. The van der Waals surface area contributed by atoms with Crippen LogP contribution in [0.3, 0.4) is 0 Å². The Morgan fingerprint density at radius 3 is 2.86 bits per heavy atom. The molecule has 1 aliphatic rings. The maximum absolute atomic E-state index is 13.6. The zero-order chi connectivity index (χ0) is 19.6. The fourth-order valence-corrected chi connectivity index (χ4v) is 2.84. The van der Waals surface area contributed by atoms with Gasteiger partial charge in [0.15, 0.2) is 17.5 Å². The fraction of sp³-hybridized carbons (Fsp3) is 0.450. The van der Waals surface area contributed by atoms with Crippen LogP contribution in [-0.2, 0) is 11.2 Å². The Hall–Kier alpha value is -2.61. The Balaban J connectivity index is 1.45. The van der Waals surface area contributed by atoms with Crippen LogP contribution in [0.4, 0.5) is 8.78 Å².